The van der Waals surface area contributed by atoms with Gasteiger partial charge in [0, 0.05) is 24.2 Å². The molecule has 1 aromatic carbocycles. The van der Waals surface area contributed by atoms with Gasteiger partial charge in [0.25, 0.3) is 0 Å². The van der Waals surface area contributed by atoms with Gasteiger partial charge >= 0.3 is 6.09 Å². The van der Waals surface area contributed by atoms with E-state index in [0.717, 1.165) is 44.3 Å². The molecule has 5 rings (SSSR count). The molecule has 3 saturated heterocycles. The van der Waals surface area contributed by atoms with Crippen molar-refractivity contribution in [2.75, 3.05) is 32.8 Å². The highest BCUT2D eigenvalue weighted by Crippen LogP contribution is 2.47. The molecule has 9 heteroatoms. The Labute approximate surface area is 202 Å². The van der Waals surface area contributed by atoms with Crippen LogP contribution in [0.25, 0.3) is 0 Å². The van der Waals surface area contributed by atoms with Gasteiger partial charge in [-0.05, 0) is 81.8 Å². The molecule has 4 heterocycles. The van der Waals surface area contributed by atoms with Gasteiger partial charge in [-0.2, -0.15) is 4.31 Å². The van der Waals surface area contributed by atoms with Crippen LogP contribution >= 0.6 is 11.6 Å². The highest BCUT2D eigenvalue weighted by molar-refractivity contribution is 7.89. The van der Waals surface area contributed by atoms with Crippen LogP contribution in [0.15, 0.2) is 23.1 Å². The van der Waals surface area contributed by atoms with Crippen LogP contribution in [0.2, 0.25) is 5.02 Å². The molecule has 4 aliphatic rings. The zero-order chi connectivity index (χ0) is 23.0. The number of piperidine rings is 2. The van der Waals surface area contributed by atoms with E-state index >= 15 is 0 Å². The Morgan fingerprint density at radius 2 is 1.79 bits per heavy atom. The third kappa shape index (κ3) is 4.64. The van der Waals surface area contributed by atoms with Gasteiger partial charge in [-0.25, -0.2) is 13.2 Å². The summed E-state index contributed by atoms with van der Waals surface area (Å²) in [6.07, 6.45) is 9.23. The molecule has 4 aliphatic heterocycles. The van der Waals surface area contributed by atoms with E-state index in [1.165, 1.54) is 25.7 Å². The van der Waals surface area contributed by atoms with Crippen LogP contribution in [-0.4, -0.2) is 73.5 Å². The van der Waals surface area contributed by atoms with Crippen LogP contribution in [0.1, 0.15) is 69.4 Å². The summed E-state index contributed by atoms with van der Waals surface area (Å²) in [7, 11) is -3.61. The maximum absolute atomic E-state index is 13.3. The Balaban J connectivity index is 1.22. The van der Waals surface area contributed by atoms with E-state index in [1.807, 2.05) is 4.90 Å². The molecular weight excluding hydrogens is 462 g/mol. The van der Waals surface area contributed by atoms with Crippen LogP contribution in [0.5, 0.6) is 0 Å². The molecule has 1 amide bonds. The standard InChI is InChI=1S/C24H34ClN3O4S/c25-18-10-11-23-21(15-18)22-9-5-7-20(28(22)33(23,30)31)17-32-24(29)27-14-6-8-19(16-27)26-12-3-1-2-4-13-26/h10-11,15,19-20,22H,1-9,12-14,16-17H2/t19?,20-,22+/m1/s1. The van der Waals surface area contributed by atoms with E-state index in [9.17, 15) is 13.2 Å². The first-order chi connectivity index (χ1) is 15.9. The van der Waals surface area contributed by atoms with Crippen LogP contribution in [-0.2, 0) is 14.8 Å². The summed E-state index contributed by atoms with van der Waals surface area (Å²) in [5.41, 5.74) is 0.773. The molecule has 0 spiro atoms. The minimum absolute atomic E-state index is 0.0984. The molecule has 33 heavy (non-hydrogen) atoms. The summed E-state index contributed by atoms with van der Waals surface area (Å²) in [5, 5.41) is 0.545. The Kier molecular flexibility index (Phi) is 6.89. The zero-order valence-electron chi connectivity index (χ0n) is 19.1. The minimum Gasteiger partial charge on any atom is -0.448 e. The van der Waals surface area contributed by atoms with E-state index < -0.39 is 10.0 Å². The number of halogens is 1. The smallest absolute Gasteiger partial charge is 0.409 e. The fraction of sp³-hybridized carbons (Fsp3) is 0.708. The van der Waals surface area contributed by atoms with E-state index in [2.05, 4.69) is 4.90 Å². The molecule has 0 saturated carbocycles. The third-order valence-electron chi connectivity index (χ3n) is 7.78. The normalized spacial score (nSPS) is 30.3. The van der Waals surface area contributed by atoms with Crippen molar-refractivity contribution in [3.05, 3.63) is 28.8 Å². The first kappa shape index (κ1) is 23.4. The fourth-order valence-corrected chi connectivity index (χ4v) is 8.39. The van der Waals surface area contributed by atoms with Crippen LogP contribution < -0.4 is 0 Å². The summed E-state index contributed by atoms with van der Waals surface area (Å²) in [6.45, 7) is 3.75. The molecule has 1 unspecified atom stereocenters. The number of fused-ring (bicyclic) bond motifs is 3. The molecule has 0 bridgehead atoms. The number of amides is 1. The van der Waals surface area contributed by atoms with Crippen molar-refractivity contribution in [1.29, 1.82) is 0 Å². The van der Waals surface area contributed by atoms with Gasteiger partial charge in [0.2, 0.25) is 10.0 Å². The Hall–Kier alpha value is -1.35. The largest absolute Gasteiger partial charge is 0.448 e. The van der Waals surface area contributed by atoms with Crippen LogP contribution in [0.4, 0.5) is 4.79 Å². The molecular formula is C24H34ClN3O4S. The van der Waals surface area contributed by atoms with Gasteiger partial charge in [0.1, 0.15) is 6.61 Å². The molecule has 0 aromatic heterocycles. The summed E-state index contributed by atoms with van der Waals surface area (Å²) < 4.78 is 33.8. The van der Waals surface area contributed by atoms with E-state index in [1.54, 1.807) is 22.5 Å². The van der Waals surface area contributed by atoms with Crippen LogP contribution in [0, 0.1) is 0 Å². The second-order valence-electron chi connectivity index (χ2n) is 9.89. The number of hydrogen-bond acceptors (Lipinski definition) is 5. The lowest BCUT2D eigenvalue weighted by atomic mass is 9.94. The number of sulfonamides is 1. The van der Waals surface area contributed by atoms with Crippen molar-refractivity contribution in [2.24, 2.45) is 0 Å². The van der Waals surface area contributed by atoms with E-state index in [0.29, 0.717) is 35.5 Å². The van der Waals surface area contributed by atoms with E-state index in [-0.39, 0.29) is 24.8 Å². The maximum Gasteiger partial charge on any atom is 0.409 e. The van der Waals surface area contributed by atoms with Gasteiger partial charge in [-0.1, -0.05) is 24.4 Å². The van der Waals surface area contributed by atoms with Crippen molar-refractivity contribution in [2.45, 2.75) is 80.8 Å². The maximum atomic E-state index is 13.3. The lowest BCUT2D eigenvalue weighted by Crippen LogP contribution is -2.51. The molecule has 0 N–H and O–H groups in total. The van der Waals surface area contributed by atoms with Gasteiger partial charge in [-0.15, -0.1) is 0 Å². The zero-order valence-corrected chi connectivity index (χ0v) is 20.7. The van der Waals surface area contributed by atoms with Gasteiger partial charge in [0.15, 0.2) is 0 Å². The van der Waals surface area contributed by atoms with Crippen molar-refractivity contribution in [3.63, 3.8) is 0 Å². The second kappa shape index (κ2) is 9.72. The quantitative estimate of drug-likeness (QED) is 0.621. The first-order valence-electron chi connectivity index (χ1n) is 12.4. The number of rotatable bonds is 3. The highest BCUT2D eigenvalue weighted by Gasteiger charge is 2.48. The van der Waals surface area contributed by atoms with Crippen molar-refractivity contribution < 1.29 is 17.9 Å². The molecule has 1 aromatic rings. The number of carbonyl (C=O) groups is 1. The first-order valence-corrected chi connectivity index (χ1v) is 14.3. The SMILES string of the molecule is O=C(OC[C@H]1CCC[C@H]2c3cc(Cl)ccc3S(=O)(=O)N12)N1CCCC(N2CCCCCC2)C1. The molecule has 0 aliphatic carbocycles. The molecule has 3 atom stereocenters. The molecule has 7 nitrogen and oxygen atoms in total. The molecule has 0 radical (unpaired) electrons. The summed E-state index contributed by atoms with van der Waals surface area (Å²) in [5.74, 6) is 0. The molecule has 182 valence electrons. The van der Waals surface area contributed by atoms with Crippen LogP contribution in [0.3, 0.4) is 0 Å². The monoisotopic (exact) mass is 495 g/mol. The Bertz CT molecular complexity index is 980. The Morgan fingerprint density at radius 3 is 2.58 bits per heavy atom. The number of benzene rings is 1. The van der Waals surface area contributed by atoms with E-state index in [4.69, 9.17) is 16.3 Å². The van der Waals surface area contributed by atoms with Gasteiger partial charge in [0.05, 0.1) is 17.0 Å². The average Bonchev–Trinajstić information content (AvgIpc) is 3.00. The summed E-state index contributed by atoms with van der Waals surface area (Å²) in [4.78, 5) is 17.7. The predicted molar refractivity (Wildman–Crippen MR) is 127 cm³/mol. The number of ether oxygens (including phenoxy) is 1. The number of carbonyl (C=O) groups excluding carboxylic acids is 1. The average molecular weight is 496 g/mol. The van der Waals surface area contributed by atoms with Crippen molar-refractivity contribution in [1.82, 2.24) is 14.1 Å². The van der Waals surface area contributed by atoms with Crippen molar-refractivity contribution >= 4 is 27.7 Å². The lowest BCUT2D eigenvalue weighted by Gasteiger charge is -2.39. The third-order valence-corrected chi connectivity index (χ3v) is 10.0. The predicted octanol–water partition coefficient (Wildman–Crippen LogP) is 4.41. The lowest BCUT2D eigenvalue weighted by molar-refractivity contribution is 0.0444. The fourth-order valence-electron chi connectivity index (χ4n) is 6.13. The topological polar surface area (TPSA) is 70.2 Å². The molecule has 3 fully saturated rings. The number of hydrogen-bond donors (Lipinski definition) is 0. The highest BCUT2D eigenvalue weighted by atomic mass is 35.5. The minimum atomic E-state index is -3.61. The van der Waals surface area contributed by atoms with Crippen molar-refractivity contribution in [3.8, 4) is 0 Å². The summed E-state index contributed by atoms with van der Waals surface area (Å²) >= 11 is 6.16. The van der Waals surface area contributed by atoms with Gasteiger partial charge in [-0.3, -0.25) is 4.90 Å². The number of likely N-dealkylation sites (tertiary alicyclic amines) is 2. The number of nitrogens with zero attached hydrogens (tertiary/aromatic N) is 3. The summed E-state index contributed by atoms with van der Waals surface area (Å²) in [6, 6.07) is 4.85. The van der Waals surface area contributed by atoms with Gasteiger partial charge < -0.3 is 9.64 Å². The Morgan fingerprint density at radius 1 is 1.00 bits per heavy atom. The second-order valence-corrected chi connectivity index (χ2v) is 12.1.